The molecule has 1 aliphatic heterocycles. The standard InChI is InChI=1S/C8H16O5/c1-4(9)8(2)7(12)6(11)5(10)3-13-8/h4-7,9-12H,3H2,1-2H3/t4-,5-,6+,7-,8-/m0/s1. The minimum absolute atomic E-state index is 0.0837. The van der Waals surface area contributed by atoms with E-state index in [1.54, 1.807) is 0 Å². The third-order valence-corrected chi connectivity index (χ3v) is 2.70. The van der Waals surface area contributed by atoms with Crippen LogP contribution in [-0.4, -0.2) is 57.0 Å². The minimum atomic E-state index is -1.28. The zero-order valence-electron chi connectivity index (χ0n) is 7.71. The normalized spacial score (nSPS) is 48.9. The Morgan fingerprint density at radius 2 is 1.92 bits per heavy atom. The third kappa shape index (κ3) is 1.70. The van der Waals surface area contributed by atoms with Crippen molar-refractivity contribution in [3.8, 4) is 0 Å². The van der Waals surface area contributed by atoms with E-state index in [0.29, 0.717) is 0 Å². The first kappa shape index (κ1) is 10.9. The number of hydrogen-bond donors (Lipinski definition) is 4. The van der Waals surface area contributed by atoms with E-state index in [-0.39, 0.29) is 6.61 Å². The van der Waals surface area contributed by atoms with Crippen molar-refractivity contribution in [3.05, 3.63) is 0 Å². The van der Waals surface area contributed by atoms with Crippen LogP contribution in [0.2, 0.25) is 0 Å². The van der Waals surface area contributed by atoms with Crippen LogP contribution in [0.3, 0.4) is 0 Å². The van der Waals surface area contributed by atoms with Crippen LogP contribution in [0.1, 0.15) is 13.8 Å². The van der Waals surface area contributed by atoms with Crippen molar-refractivity contribution in [3.63, 3.8) is 0 Å². The molecule has 0 aromatic rings. The van der Waals surface area contributed by atoms with Crippen LogP contribution < -0.4 is 0 Å². The van der Waals surface area contributed by atoms with Crippen molar-refractivity contribution < 1.29 is 25.2 Å². The Hall–Kier alpha value is -0.200. The number of aliphatic hydroxyl groups is 4. The molecule has 5 atom stereocenters. The Morgan fingerprint density at radius 3 is 2.38 bits per heavy atom. The minimum Gasteiger partial charge on any atom is -0.390 e. The number of rotatable bonds is 1. The highest BCUT2D eigenvalue weighted by Crippen LogP contribution is 2.28. The Morgan fingerprint density at radius 1 is 1.38 bits per heavy atom. The largest absolute Gasteiger partial charge is 0.390 e. The molecule has 4 N–H and O–H groups in total. The van der Waals surface area contributed by atoms with Crippen molar-refractivity contribution in [1.29, 1.82) is 0 Å². The van der Waals surface area contributed by atoms with E-state index < -0.39 is 30.0 Å². The van der Waals surface area contributed by atoms with Gasteiger partial charge in [-0.1, -0.05) is 0 Å². The van der Waals surface area contributed by atoms with Gasteiger partial charge in [0.05, 0.1) is 12.7 Å². The fourth-order valence-corrected chi connectivity index (χ4v) is 1.37. The molecule has 0 unspecified atom stereocenters. The summed E-state index contributed by atoms with van der Waals surface area (Å²) in [4.78, 5) is 0. The molecule has 0 radical (unpaired) electrons. The van der Waals surface area contributed by atoms with Crippen molar-refractivity contribution in [2.45, 2.75) is 43.9 Å². The van der Waals surface area contributed by atoms with Gasteiger partial charge in [-0.25, -0.2) is 0 Å². The molecule has 0 aromatic carbocycles. The molecule has 0 spiro atoms. The number of hydrogen-bond acceptors (Lipinski definition) is 5. The summed E-state index contributed by atoms with van der Waals surface area (Å²) in [5, 5.41) is 37.4. The summed E-state index contributed by atoms with van der Waals surface area (Å²) >= 11 is 0. The van der Waals surface area contributed by atoms with Gasteiger partial charge in [-0.15, -0.1) is 0 Å². The lowest BCUT2D eigenvalue weighted by Gasteiger charge is -2.44. The predicted molar refractivity (Wildman–Crippen MR) is 44.1 cm³/mol. The quantitative estimate of drug-likeness (QED) is 0.395. The monoisotopic (exact) mass is 192 g/mol. The first-order valence-corrected chi connectivity index (χ1v) is 4.26. The molecule has 1 rings (SSSR count). The maximum absolute atomic E-state index is 9.54. The first-order valence-electron chi connectivity index (χ1n) is 4.26. The molecular weight excluding hydrogens is 176 g/mol. The summed E-state index contributed by atoms with van der Waals surface area (Å²) in [6.07, 6.45) is -4.56. The summed E-state index contributed by atoms with van der Waals surface area (Å²) in [7, 11) is 0. The highest BCUT2D eigenvalue weighted by molar-refractivity contribution is 4.98. The van der Waals surface area contributed by atoms with E-state index in [0.717, 1.165) is 0 Å². The molecule has 5 nitrogen and oxygen atoms in total. The highest BCUT2D eigenvalue weighted by Gasteiger charge is 2.48. The lowest BCUT2D eigenvalue weighted by Crippen LogP contribution is -2.63. The molecule has 1 fully saturated rings. The Bertz CT molecular complexity index is 183. The van der Waals surface area contributed by atoms with Crippen molar-refractivity contribution in [2.24, 2.45) is 0 Å². The van der Waals surface area contributed by atoms with Gasteiger partial charge in [-0.2, -0.15) is 0 Å². The van der Waals surface area contributed by atoms with Gasteiger partial charge in [0, 0.05) is 0 Å². The zero-order valence-corrected chi connectivity index (χ0v) is 7.71. The maximum Gasteiger partial charge on any atom is 0.119 e. The number of ether oxygens (including phenoxy) is 1. The van der Waals surface area contributed by atoms with Crippen LogP contribution in [0, 0.1) is 0 Å². The first-order chi connectivity index (χ1) is 5.89. The molecule has 0 aliphatic carbocycles. The summed E-state index contributed by atoms with van der Waals surface area (Å²) in [5.41, 5.74) is -1.21. The van der Waals surface area contributed by atoms with Gasteiger partial charge in [0.15, 0.2) is 0 Å². The molecule has 13 heavy (non-hydrogen) atoms. The Kier molecular flexibility index (Phi) is 2.94. The highest BCUT2D eigenvalue weighted by atomic mass is 16.5. The zero-order chi connectivity index (χ0) is 10.2. The van der Waals surface area contributed by atoms with Crippen LogP contribution in [-0.2, 0) is 4.74 Å². The van der Waals surface area contributed by atoms with Gasteiger partial charge < -0.3 is 25.2 Å². The van der Waals surface area contributed by atoms with E-state index in [4.69, 9.17) is 9.84 Å². The maximum atomic E-state index is 9.54. The molecular formula is C8H16O5. The topological polar surface area (TPSA) is 90.2 Å². The molecule has 1 saturated heterocycles. The molecule has 0 amide bonds. The third-order valence-electron chi connectivity index (χ3n) is 2.70. The fourth-order valence-electron chi connectivity index (χ4n) is 1.37. The van der Waals surface area contributed by atoms with E-state index >= 15 is 0 Å². The Labute approximate surface area is 76.6 Å². The molecule has 0 saturated carbocycles. The summed E-state index contributed by atoms with van der Waals surface area (Å²) in [6, 6.07) is 0. The van der Waals surface area contributed by atoms with Crippen molar-refractivity contribution in [2.75, 3.05) is 6.61 Å². The van der Waals surface area contributed by atoms with Crippen LogP contribution in [0.15, 0.2) is 0 Å². The van der Waals surface area contributed by atoms with Crippen LogP contribution in [0.5, 0.6) is 0 Å². The lowest BCUT2D eigenvalue weighted by molar-refractivity contribution is -0.255. The predicted octanol–water partition coefficient (Wildman–Crippen LogP) is -1.76. The molecule has 5 heteroatoms. The summed E-state index contributed by atoms with van der Waals surface area (Å²) in [5.74, 6) is 0. The molecule has 0 aromatic heterocycles. The molecule has 1 heterocycles. The van der Waals surface area contributed by atoms with Crippen molar-refractivity contribution in [1.82, 2.24) is 0 Å². The molecule has 0 bridgehead atoms. The van der Waals surface area contributed by atoms with Gasteiger partial charge in [0.1, 0.15) is 23.9 Å². The van der Waals surface area contributed by atoms with Gasteiger partial charge in [-0.3, -0.25) is 0 Å². The van der Waals surface area contributed by atoms with Gasteiger partial charge >= 0.3 is 0 Å². The summed E-state index contributed by atoms with van der Waals surface area (Å²) in [6.45, 7) is 2.88. The van der Waals surface area contributed by atoms with E-state index in [1.165, 1.54) is 13.8 Å². The number of aliphatic hydroxyl groups excluding tert-OH is 4. The smallest absolute Gasteiger partial charge is 0.119 e. The van der Waals surface area contributed by atoms with E-state index in [1.807, 2.05) is 0 Å². The second-order valence-corrected chi connectivity index (χ2v) is 3.67. The second kappa shape index (κ2) is 3.51. The van der Waals surface area contributed by atoms with E-state index in [2.05, 4.69) is 0 Å². The Balaban J connectivity index is 2.79. The molecule has 78 valence electrons. The van der Waals surface area contributed by atoms with Crippen LogP contribution in [0.4, 0.5) is 0 Å². The average molecular weight is 192 g/mol. The van der Waals surface area contributed by atoms with Gasteiger partial charge in [0.2, 0.25) is 0 Å². The average Bonchev–Trinajstić information content (AvgIpc) is 2.08. The SMILES string of the molecule is C[C@H](O)[C@]1(C)OC[C@H](O)[C@@H](O)[C@@H]1O. The molecule has 1 aliphatic rings. The van der Waals surface area contributed by atoms with E-state index in [9.17, 15) is 15.3 Å². The summed E-state index contributed by atoms with van der Waals surface area (Å²) < 4.78 is 5.11. The second-order valence-electron chi connectivity index (χ2n) is 3.67. The van der Waals surface area contributed by atoms with Gasteiger partial charge in [0.25, 0.3) is 0 Å². The van der Waals surface area contributed by atoms with Crippen molar-refractivity contribution >= 4 is 0 Å². The van der Waals surface area contributed by atoms with Crippen LogP contribution in [0.25, 0.3) is 0 Å². The fraction of sp³-hybridized carbons (Fsp3) is 1.00. The lowest BCUT2D eigenvalue weighted by atomic mass is 9.85. The van der Waals surface area contributed by atoms with Crippen LogP contribution >= 0.6 is 0 Å². The van der Waals surface area contributed by atoms with Gasteiger partial charge in [-0.05, 0) is 13.8 Å².